The van der Waals surface area contributed by atoms with E-state index in [1.807, 2.05) is 10.9 Å². The van der Waals surface area contributed by atoms with E-state index in [4.69, 9.17) is 0 Å². The van der Waals surface area contributed by atoms with Crippen molar-refractivity contribution >= 4 is 40.8 Å². The topological polar surface area (TPSA) is 70.0 Å². The van der Waals surface area contributed by atoms with Crippen molar-refractivity contribution in [2.24, 2.45) is 4.99 Å². The number of para-hydroxylation sites is 1. The Morgan fingerprint density at radius 2 is 2.04 bits per heavy atom. The molecule has 2 heterocycles. The molecule has 2 aromatic heterocycles. The lowest BCUT2D eigenvalue weighted by atomic mass is 10.1. The highest BCUT2D eigenvalue weighted by atomic mass is 127. The maximum absolute atomic E-state index is 4.30. The Bertz CT molecular complexity index is 835. The van der Waals surface area contributed by atoms with Crippen LogP contribution >= 0.6 is 24.0 Å². The molecule has 0 aliphatic rings. The van der Waals surface area contributed by atoms with E-state index in [0.29, 0.717) is 0 Å². The molecule has 0 bridgehead atoms. The van der Waals surface area contributed by atoms with Gasteiger partial charge in [0.25, 0.3) is 0 Å². The molecule has 0 spiro atoms. The number of H-pyrrole nitrogens is 1. The Hall–Kier alpha value is -2.03. The van der Waals surface area contributed by atoms with Crippen LogP contribution in [0.15, 0.2) is 47.8 Å². The van der Waals surface area contributed by atoms with Gasteiger partial charge in [0, 0.05) is 50.0 Å². The van der Waals surface area contributed by atoms with E-state index in [1.54, 1.807) is 7.05 Å². The third kappa shape index (κ3) is 5.48. The Morgan fingerprint density at radius 1 is 1.23 bits per heavy atom. The fourth-order valence-corrected chi connectivity index (χ4v) is 2.91. The van der Waals surface area contributed by atoms with Crippen molar-refractivity contribution in [2.45, 2.75) is 26.3 Å². The fourth-order valence-electron chi connectivity index (χ4n) is 2.91. The van der Waals surface area contributed by atoms with E-state index in [-0.39, 0.29) is 24.0 Å². The van der Waals surface area contributed by atoms with Gasteiger partial charge in [0.1, 0.15) is 0 Å². The third-order valence-corrected chi connectivity index (χ3v) is 4.20. The second-order valence-corrected chi connectivity index (χ2v) is 6.17. The molecule has 26 heavy (non-hydrogen) atoms. The summed E-state index contributed by atoms with van der Waals surface area (Å²) in [5.74, 6) is 0.844. The number of nitrogens with one attached hydrogen (secondary N) is 3. The zero-order valence-corrected chi connectivity index (χ0v) is 17.7. The number of fused-ring (bicyclic) bond motifs is 1. The Kier molecular flexibility index (Phi) is 7.96. The molecule has 0 saturated heterocycles. The molecule has 0 amide bonds. The van der Waals surface area contributed by atoms with E-state index in [9.17, 15) is 0 Å². The average Bonchev–Trinajstić information content (AvgIpc) is 3.23. The minimum Gasteiger partial charge on any atom is -0.361 e. The van der Waals surface area contributed by atoms with Crippen molar-refractivity contribution in [1.29, 1.82) is 0 Å². The van der Waals surface area contributed by atoms with Crippen LogP contribution in [0, 0.1) is 6.92 Å². The van der Waals surface area contributed by atoms with E-state index in [1.165, 1.54) is 22.0 Å². The van der Waals surface area contributed by atoms with Crippen LogP contribution in [0.5, 0.6) is 0 Å². The number of hydrogen-bond donors (Lipinski definition) is 3. The lowest BCUT2D eigenvalue weighted by Crippen LogP contribution is -2.39. The third-order valence-electron chi connectivity index (χ3n) is 4.20. The smallest absolute Gasteiger partial charge is 0.190 e. The zero-order chi connectivity index (χ0) is 17.5. The molecular formula is C19H27IN6. The average molecular weight is 466 g/mol. The minimum atomic E-state index is 0. The van der Waals surface area contributed by atoms with Gasteiger partial charge < -0.3 is 15.6 Å². The lowest BCUT2D eigenvalue weighted by Gasteiger charge is -2.11. The van der Waals surface area contributed by atoms with Crippen molar-refractivity contribution in [3.63, 3.8) is 0 Å². The predicted molar refractivity (Wildman–Crippen MR) is 118 cm³/mol. The summed E-state index contributed by atoms with van der Waals surface area (Å²) in [6.07, 6.45) is 8.00. The van der Waals surface area contributed by atoms with Gasteiger partial charge in [0.2, 0.25) is 0 Å². The number of aryl methyl sites for hydroxylation is 2. The summed E-state index contributed by atoms with van der Waals surface area (Å²) in [6.45, 7) is 4.68. The molecule has 0 saturated carbocycles. The normalized spacial score (nSPS) is 11.4. The van der Waals surface area contributed by atoms with Crippen LogP contribution in [-0.4, -0.2) is 40.9 Å². The Balaban J connectivity index is 0.00000243. The van der Waals surface area contributed by atoms with Gasteiger partial charge in [-0.3, -0.25) is 9.67 Å². The van der Waals surface area contributed by atoms with Crippen molar-refractivity contribution in [3.8, 4) is 0 Å². The number of rotatable bonds is 7. The summed E-state index contributed by atoms with van der Waals surface area (Å²) >= 11 is 0. The van der Waals surface area contributed by atoms with Crippen LogP contribution in [0.1, 0.15) is 17.5 Å². The molecule has 0 atom stereocenters. The monoisotopic (exact) mass is 466 g/mol. The van der Waals surface area contributed by atoms with Gasteiger partial charge in [-0.15, -0.1) is 24.0 Å². The number of aliphatic imine (C=N–C) groups is 1. The van der Waals surface area contributed by atoms with Gasteiger partial charge >= 0.3 is 0 Å². The molecule has 3 aromatic rings. The number of benzene rings is 1. The van der Waals surface area contributed by atoms with Crippen LogP contribution < -0.4 is 10.6 Å². The highest BCUT2D eigenvalue weighted by Gasteiger charge is 2.03. The van der Waals surface area contributed by atoms with Crippen molar-refractivity contribution < 1.29 is 0 Å². The summed E-state index contributed by atoms with van der Waals surface area (Å²) in [6, 6.07) is 8.39. The zero-order valence-electron chi connectivity index (χ0n) is 15.3. The Morgan fingerprint density at radius 3 is 2.81 bits per heavy atom. The van der Waals surface area contributed by atoms with E-state index in [2.05, 4.69) is 69.3 Å². The molecule has 0 aliphatic carbocycles. The maximum atomic E-state index is 4.30. The van der Waals surface area contributed by atoms with E-state index >= 15 is 0 Å². The first kappa shape index (κ1) is 20.3. The van der Waals surface area contributed by atoms with Crippen LogP contribution in [0.4, 0.5) is 0 Å². The maximum Gasteiger partial charge on any atom is 0.190 e. The van der Waals surface area contributed by atoms with Gasteiger partial charge in [-0.1, -0.05) is 18.2 Å². The first-order chi connectivity index (χ1) is 12.3. The first-order valence-electron chi connectivity index (χ1n) is 8.75. The summed E-state index contributed by atoms with van der Waals surface area (Å²) < 4.78 is 1.98. The van der Waals surface area contributed by atoms with E-state index < -0.39 is 0 Å². The molecule has 3 rings (SSSR count). The van der Waals surface area contributed by atoms with Gasteiger partial charge in [-0.25, -0.2) is 0 Å². The molecule has 140 valence electrons. The number of nitrogens with zero attached hydrogens (tertiary/aromatic N) is 3. The van der Waals surface area contributed by atoms with Crippen LogP contribution in [0.3, 0.4) is 0 Å². The molecule has 0 radical (unpaired) electrons. The SMILES string of the molecule is CN=C(NCCCn1cc(C)cn1)NCCc1c[nH]c2ccccc12.I. The predicted octanol–water partition coefficient (Wildman–Crippen LogP) is 3.09. The van der Waals surface area contributed by atoms with Crippen LogP contribution in [0.2, 0.25) is 0 Å². The highest BCUT2D eigenvalue weighted by Crippen LogP contribution is 2.17. The van der Waals surface area contributed by atoms with Gasteiger partial charge in [-0.2, -0.15) is 5.10 Å². The molecular weight excluding hydrogens is 439 g/mol. The fraction of sp³-hybridized carbons (Fsp3) is 0.368. The molecule has 3 N–H and O–H groups in total. The number of aromatic amines is 1. The molecule has 1 aromatic carbocycles. The lowest BCUT2D eigenvalue weighted by molar-refractivity contribution is 0.570. The van der Waals surface area contributed by atoms with Crippen molar-refractivity contribution in [2.75, 3.05) is 20.1 Å². The number of guanidine groups is 1. The summed E-state index contributed by atoms with van der Waals surface area (Å²) in [5.41, 5.74) is 3.71. The summed E-state index contributed by atoms with van der Waals surface area (Å²) in [4.78, 5) is 7.60. The molecule has 7 heteroatoms. The standard InChI is InChI=1S/C19H26N6.HI/c1-15-12-24-25(14-15)11-5-9-21-19(20-2)22-10-8-16-13-23-18-7-4-3-6-17(16)18;/h3-4,6-7,12-14,23H,5,8-11H2,1-2H3,(H2,20,21,22);1H. The summed E-state index contributed by atoms with van der Waals surface area (Å²) in [5, 5.41) is 12.3. The second-order valence-electron chi connectivity index (χ2n) is 6.17. The second kappa shape index (κ2) is 10.2. The minimum absolute atomic E-state index is 0. The van der Waals surface area contributed by atoms with E-state index in [0.717, 1.165) is 38.4 Å². The summed E-state index contributed by atoms with van der Waals surface area (Å²) in [7, 11) is 1.80. The van der Waals surface area contributed by atoms with Crippen LogP contribution in [-0.2, 0) is 13.0 Å². The molecule has 6 nitrogen and oxygen atoms in total. The number of aromatic nitrogens is 3. The number of halogens is 1. The highest BCUT2D eigenvalue weighted by molar-refractivity contribution is 14.0. The Labute approximate surface area is 171 Å². The van der Waals surface area contributed by atoms with Gasteiger partial charge in [0.05, 0.1) is 6.20 Å². The van der Waals surface area contributed by atoms with Gasteiger partial charge in [0.15, 0.2) is 5.96 Å². The van der Waals surface area contributed by atoms with Crippen molar-refractivity contribution in [1.82, 2.24) is 25.4 Å². The largest absolute Gasteiger partial charge is 0.361 e. The first-order valence-corrected chi connectivity index (χ1v) is 8.75. The molecule has 0 fully saturated rings. The molecule has 0 unspecified atom stereocenters. The molecule has 0 aliphatic heterocycles. The van der Waals surface area contributed by atoms with Gasteiger partial charge in [-0.05, 0) is 37.0 Å². The van der Waals surface area contributed by atoms with Crippen LogP contribution in [0.25, 0.3) is 10.9 Å². The number of hydrogen-bond acceptors (Lipinski definition) is 2. The quantitative estimate of drug-likeness (QED) is 0.217. The van der Waals surface area contributed by atoms with Crippen molar-refractivity contribution in [3.05, 3.63) is 54.0 Å².